The molecule has 0 bridgehead atoms. The van der Waals surface area contributed by atoms with Crippen molar-refractivity contribution in [3.8, 4) is 11.9 Å². The lowest BCUT2D eigenvalue weighted by Gasteiger charge is -2.13. The molecule has 0 aliphatic heterocycles. The highest BCUT2D eigenvalue weighted by molar-refractivity contribution is 5.35. The predicted octanol–water partition coefficient (Wildman–Crippen LogP) is 1.83. The van der Waals surface area contributed by atoms with Crippen LogP contribution in [0.2, 0.25) is 0 Å². The summed E-state index contributed by atoms with van der Waals surface area (Å²) in [6.07, 6.45) is 1.91. The van der Waals surface area contributed by atoms with E-state index in [9.17, 15) is 0 Å². The summed E-state index contributed by atoms with van der Waals surface area (Å²) in [5.74, 6) is 0.803. The van der Waals surface area contributed by atoms with Gasteiger partial charge in [0.25, 0.3) is 0 Å². The Morgan fingerprint density at radius 2 is 2.15 bits per heavy atom. The molecule has 0 amide bonds. The minimum absolute atomic E-state index is 0.0128. The van der Waals surface area contributed by atoms with Crippen LogP contribution < -0.4 is 10.1 Å². The number of nitrogens with zero attached hydrogens (tertiary/aromatic N) is 1. The van der Waals surface area contributed by atoms with E-state index in [0.29, 0.717) is 0 Å². The number of nitriles is 1. The molecule has 0 aliphatic carbocycles. The molecule has 0 radical (unpaired) electrons. The number of hydrogen-bond donors (Lipinski definition) is 1. The Kier molecular flexibility index (Phi) is 3.15. The second kappa shape index (κ2) is 4.36. The molecule has 1 aromatic rings. The van der Waals surface area contributed by atoms with Crippen molar-refractivity contribution in [1.29, 1.82) is 5.26 Å². The third-order valence-corrected chi connectivity index (χ3v) is 1.89. The summed E-state index contributed by atoms with van der Waals surface area (Å²) in [5, 5.41) is 11.1. The average Bonchev–Trinajstić information content (AvgIpc) is 2.18. The van der Waals surface area contributed by atoms with Crippen LogP contribution in [-0.2, 0) is 0 Å². The first-order chi connectivity index (χ1) is 6.29. The molecular weight excluding hydrogens is 164 g/mol. The Bertz CT molecular complexity index is 317. The molecule has 1 N–H and O–H groups in total. The van der Waals surface area contributed by atoms with Gasteiger partial charge in [-0.3, -0.25) is 0 Å². The Balaban J connectivity index is 2.93. The largest absolute Gasteiger partial charge is 0.496 e. The maximum atomic E-state index is 8.46. The highest BCUT2D eigenvalue weighted by Crippen LogP contribution is 2.23. The molecule has 0 fully saturated rings. The van der Waals surface area contributed by atoms with E-state index >= 15 is 0 Å². The smallest absolute Gasteiger partial charge is 0.177 e. The van der Waals surface area contributed by atoms with Crippen LogP contribution in [0.15, 0.2) is 24.3 Å². The number of benzene rings is 1. The van der Waals surface area contributed by atoms with Gasteiger partial charge in [0.15, 0.2) is 6.19 Å². The molecule has 0 spiro atoms. The van der Waals surface area contributed by atoms with E-state index in [0.717, 1.165) is 11.3 Å². The summed E-state index contributed by atoms with van der Waals surface area (Å²) in [5.41, 5.74) is 0.992. The quantitative estimate of drug-likeness (QED) is 0.564. The number of nitrogens with one attached hydrogen (secondary N) is 1. The van der Waals surface area contributed by atoms with Crippen LogP contribution in [0.25, 0.3) is 0 Å². The van der Waals surface area contributed by atoms with Gasteiger partial charge in [-0.05, 0) is 13.0 Å². The van der Waals surface area contributed by atoms with Crippen molar-refractivity contribution in [3.63, 3.8) is 0 Å². The molecular formula is C10H12N2O. The Hall–Kier alpha value is -1.69. The fraction of sp³-hybridized carbons (Fsp3) is 0.300. The van der Waals surface area contributed by atoms with Crippen molar-refractivity contribution in [2.45, 2.75) is 13.0 Å². The van der Waals surface area contributed by atoms with E-state index in [1.807, 2.05) is 37.4 Å². The summed E-state index contributed by atoms with van der Waals surface area (Å²) in [6.45, 7) is 1.92. The minimum Gasteiger partial charge on any atom is -0.496 e. The molecule has 0 saturated heterocycles. The number of methoxy groups -OCH3 is 1. The monoisotopic (exact) mass is 176 g/mol. The first-order valence-electron chi connectivity index (χ1n) is 4.07. The van der Waals surface area contributed by atoms with Crippen LogP contribution in [-0.4, -0.2) is 7.11 Å². The number of rotatable bonds is 3. The minimum atomic E-state index is -0.0128. The number of hydrogen-bond acceptors (Lipinski definition) is 3. The summed E-state index contributed by atoms with van der Waals surface area (Å²) >= 11 is 0. The molecule has 0 saturated carbocycles. The lowest BCUT2D eigenvalue weighted by atomic mass is 10.1. The molecule has 3 heteroatoms. The zero-order chi connectivity index (χ0) is 9.68. The SMILES string of the molecule is COc1ccccc1[C@@H](C)NC#N. The fourth-order valence-electron chi connectivity index (χ4n) is 1.20. The van der Waals surface area contributed by atoms with E-state index in [4.69, 9.17) is 10.00 Å². The molecule has 0 unspecified atom stereocenters. The lowest BCUT2D eigenvalue weighted by molar-refractivity contribution is 0.405. The normalized spacial score (nSPS) is 11.5. The van der Waals surface area contributed by atoms with Crippen molar-refractivity contribution in [2.75, 3.05) is 7.11 Å². The number of para-hydroxylation sites is 1. The lowest BCUT2D eigenvalue weighted by Crippen LogP contribution is -2.12. The first kappa shape index (κ1) is 9.40. The van der Waals surface area contributed by atoms with E-state index in [1.165, 1.54) is 0 Å². The van der Waals surface area contributed by atoms with E-state index in [-0.39, 0.29) is 6.04 Å². The molecule has 1 rings (SSSR count). The van der Waals surface area contributed by atoms with Crippen molar-refractivity contribution in [1.82, 2.24) is 5.32 Å². The Morgan fingerprint density at radius 1 is 1.46 bits per heavy atom. The summed E-state index contributed by atoms with van der Waals surface area (Å²) in [7, 11) is 1.62. The Morgan fingerprint density at radius 3 is 2.77 bits per heavy atom. The zero-order valence-electron chi connectivity index (χ0n) is 7.74. The van der Waals surface area contributed by atoms with Gasteiger partial charge in [0.05, 0.1) is 13.2 Å². The molecule has 0 aromatic heterocycles. The predicted molar refractivity (Wildman–Crippen MR) is 50.2 cm³/mol. The standard InChI is InChI=1S/C10H12N2O/c1-8(12-7-11)9-5-3-4-6-10(9)13-2/h3-6,8,12H,1-2H3/t8-/m1/s1. The second-order valence-corrected chi connectivity index (χ2v) is 2.72. The first-order valence-corrected chi connectivity index (χ1v) is 4.07. The second-order valence-electron chi connectivity index (χ2n) is 2.72. The van der Waals surface area contributed by atoms with E-state index in [2.05, 4.69) is 5.32 Å². The van der Waals surface area contributed by atoms with Crippen LogP contribution in [0, 0.1) is 11.5 Å². The highest BCUT2D eigenvalue weighted by Gasteiger charge is 2.08. The average molecular weight is 176 g/mol. The molecule has 1 atom stereocenters. The molecule has 0 heterocycles. The van der Waals surface area contributed by atoms with Gasteiger partial charge in [-0.2, -0.15) is 5.26 Å². The topological polar surface area (TPSA) is 45.0 Å². The summed E-state index contributed by atoms with van der Waals surface area (Å²) in [4.78, 5) is 0. The molecule has 0 aliphatic rings. The van der Waals surface area contributed by atoms with Crippen LogP contribution in [0.5, 0.6) is 5.75 Å². The van der Waals surface area contributed by atoms with Gasteiger partial charge < -0.3 is 10.1 Å². The number of ether oxygens (including phenoxy) is 1. The summed E-state index contributed by atoms with van der Waals surface area (Å²) in [6, 6.07) is 7.63. The van der Waals surface area contributed by atoms with Gasteiger partial charge in [-0.15, -0.1) is 0 Å². The van der Waals surface area contributed by atoms with Crippen LogP contribution in [0.1, 0.15) is 18.5 Å². The third kappa shape index (κ3) is 2.12. The van der Waals surface area contributed by atoms with Crippen LogP contribution in [0.3, 0.4) is 0 Å². The third-order valence-electron chi connectivity index (χ3n) is 1.89. The molecule has 13 heavy (non-hydrogen) atoms. The van der Waals surface area contributed by atoms with Gasteiger partial charge in [-0.25, -0.2) is 0 Å². The van der Waals surface area contributed by atoms with Crippen molar-refractivity contribution >= 4 is 0 Å². The van der Waals surface area contributed by atoms with Gasteiger partial charge in [0.1, 0.15) is 5.75 Å². The van der Waals surface area contributed by atoms with Crippen LogP contribution >= 0.6 is 0 Å². The zero-order valence-corrected chi connectivity index (χ0v) is 7.74. The maximum absolute atomic E-state index is 8.46. The van der Waals surface area contributed by atoms with Crippen LogP contribution in [0.4, 0.5) is 0 Å². The van der Waals surface area contributed by atoms with Gasteiger partial charge in [0, 0.05) is 5.56 Å². The van der Waals surface area contributed by atoms with Crippen molar-refractivity contribution < 1.29 is 4.74 Å². The highest BCUT2D eigenvalue weighted by atomic mass is 16.5. The Labute approximate surface area is 77.9 Å². The molecule has 3 nitrogen and oxygen atoms in total. The maximum Gasteiger partial charge on any atom is 0.177 e. The molecule has 1 aromatic carbocycles. The van der Waals surface area contributed by atoms with E-state index in [1.54, 1.807) is 7.11 Å². The van der Waals surface area contributed by atoms with Gasteiger partial charge in [0.2, 0.25) is 0 Å². The van der Waals surface area contributed by atoms with E-state index < -0.39 is 0 Å². The van der Waals surface area contributed by atoms with Gasteiger partial charge in [-0.1, -0.05) is 18.2 Å². The molecule has 68 valence electrons. The fourth-order valence-corrected chi connectivity index (χ4v) is 1.20. The van der Waals surface area contributed by atoms with Gasteiger partial charge >= 0.3 is 0 Å². The van der Waals surface area contributed by atoms with Crippen molar-refractivity contribution in [2.24, 2.45) is 0 Å². The van der Waals surface area contributed by atoms with Crippen molar-refractivity contribution in [3.05, 3.63) is 29.8 Å². The summed E-state index contributed by atoms with van der Waals surface area (Å²) < 4.78 is 5.16.